The number of hydrogen-bond acceptors (Lipinski definition) is 6. The Morgan fingerprint density at radius 2 is 1.95 bits per heavy atom. The Labute approximate surface area is 132 Å². The summed E-state index contributed by atoms with van der Waals surface area (Å²) in [7, 11) is 3.85. The average molecular weight is 357 g/mol. The molecular weight excluding hydrogens is 343 g/mol. The van der Waals surface area contributed by atoms with Gasteiger partial charge in [0.25, 0.3) is 9.05 Å². The van der Waals surface area contributed by atoms with Crippen LogP contribution < -0.4 is 4.74 Å². The summed E-state index contributed by atoms with van der Waals surface area (Å²) >= 11 is 5.82. The Morgan fingerprint density at radius 1 is 1.33 bits per heavy atom. The van der Waals surface area contributed by atoms with Crippen LogP contribution in [0.5, 0.6) is 5.75 Å². The zero-order valence-corrected chi connectivity index (χ0v) is 13.9. The van der Waals surface area contributed by atoms with Crippen LogP contribution in [-0.4, -0.2) is 41.3 Å². The van der Waals surface area contributed by atoms with E-state index < -0.39 is 26.0 Å². The Balaban J connectivity index is 3.30. The second-order valence-electron chi connectivity index (χ2n) is 4.09. The third-order valence-corrected chi connectivity index (χ3v) is 3.96. The number of methoxy groups -OCH3 is 2. The second kappa shape index (κ2) is 7.31. The third-order valence-electron chi connectivity index (χ3n) is 2.42. The summed E-state index contributed by atoms with van der Waals surface area (Å²) < 4.78 is 38.0. The van der Waals surface area contributed by atoms with E-state index in [-0.39, 0.29) is 22.9 Å². The van der Waals surface area contributed by atoms with Gasteiger partial charge >= 0.3 is 5.97 Å². The van der Waals surface area contributed by atoms with E-state index in [1.165, 1.54) is 20.3 Å². The zero-order valence-electron chi connectivity index (χ0n) is 11.6. The fourth-order valence-corrected chi connectivity index (χ4v) is 2.94. The van der Waals surface area contributed by atoms with Gasteiger partial charge in [0, 0.05) is 22.8 Å². The lowest BCUT2D eigenvalue weighted by Gasteiger charge is -2.15. The van der Waals surface area contributed by atoms with Crippen LogP contribution >= 0.6 is 22.3 Å². The van der Waals surface area contributed by atoms with Crippen molar-refractivity contribution in [3.63, 3.8) is 0 Å². The molecule has 0 aliphatic rings. The highest BCUT2D eigenvalue weighted by Crippen LogP contribution is 2.34. The number of benzene rings is 1. The summed E-state index contributed by atoms with van der Waals surface area (Å²) in [5.74, 6) is -1.01. The zero-order chi connectivity index (χ0) is 16.2. The van der Waals surface area contributed by atoms with E-state index in [9.17, 15) is 13.2 Å². The van der Waals surface area contributed by atoms with Gasteiger partial charge in [0.1, 0.15) is 16.6 Å². The number of carbonyl (C=O) groups excluding carboxylic acids is 1. The fourth-order valence-electron chi connectivity index (χ4n) is 1.63. The van der Waals surface area contributed by atoms with Gasteiger partial charge in [0.2, 0.25) is 0 Å². The van der Waals surface area contributed by atoms with Gasteiger partial charge in [-0.15, -0.1) is 0 Å². The molecule has 6 nitrogen and oxygen atoms in total. The van der Waals surface area contributed by atoms with Crippen molar-refractivity contribution in [2.24, 2.45) is 0 Å². The van der Waals surface area contributed by atoms with Crippen molar-refractivity contribution in [1.29, 1.82) is 0 Å². The molecule has 0 N–H and O–H groups in total. The number of rotatable bonds is 6. The Hall–Kier alpha value is -1.02. The molecule has 0 aromatic heterocycles. The van der Waals surface area contributed by atoms with Crippen LogP contribution in [0.25, 0.3) is 0 Å². The first-order valence-electron chi connectivity index (χ1n) is 5.72. The molecule has 0 saturated carbocycles. The monoisotopic (exact) mass is 356 g/mol. The molecule has 0 fully saturated rings. The normalized spacial score (nSPS) is 12.8. The van der Waals surface area contributed by atoms with Gasteiger partial charge in [-0.05, 0) is 19.1 Å². The first-order chi connectivity index (χ1) is 9.70. The summed E-state index contributed by atoms with van der Waals surface area (Å²) in [6, 6.07) is 2.34. The number of carbonyl (C=O) groups is 1. The standard InChI is InChI=1S/C12H14Cl2O6S/c1-7(6-18-2)20-12(15)9-4-8(13)5-10(11(9)19-3)21(14,16)17/h4-5,7H,6H2,1-3H3. The second-order valence-corrected chi connectivity index (χ2v) is 7.06. The molecule has 9 heteroatoms. The van der Waals surface area contributed by atoms with Gasteiger partial charge in [-0.25, -0.2) is 13.2 Å². The van der Waals surface area contributed by atoms with Crippen molar-refractivity contribution in [1.82, 2.24) is 0 Å². The van der Waals surface area contributed by atoms with Gasteiger partial charge in [-0.2, -0.15) is 0 Å². The van der Waals surface area contributed by atoms with Crippen LogP contribution in [0.4, 0.5) is 0 Å². The van der Waals surface area contributed by atoms with E-state index in [0.717, 1.165) is 6.07 Å². The molecule has 1 aromatic carbocycles. The highest BCUT2D eigenvalue weighted by molar-refractivity contribution is 8.13. The Morgan fingerprint density at radius 3 is 2.43 bits per heavy atom. The largest absolute Gasteiger partial charge is 0.494 e. The van der Waals surface area contributed by atoms with E-state index in [0.29, 0.717) is 0 Å². The maximum Gasteiger partial charge on any atom is 0.342 e. The Bertz CT molecular complexity index is 629. The minimum atomic E-state index is -4.13. The summed E-state index contributed by atoms with van der Waals surface area (Å²) in [5.41, 5.74) is -0.132. The quantitative estimate of drug-likeness (QED) is 0.575. The van der Waals surface area contributed by atoms with Crippen LogP contribution in [-0.2, 0) is 18.5 Å². The molecule has 0 aliphatic carbocycles. The first-order valence-corrected chi connectivity index (χ1v) is 8.41. The highest BCUT2D eigenvalue weighted by Gasteiger charge is 2.26. The van der Waals surface area contributed by atoms with E-state index in [2.05, 4.69) is 0 Å². The molecule has 0 heterocycles. The van der Waals surface area contributed by atoms with Crippen LogP contribution in [0.1, 0.15) is 17.3 Å². The maximum absolute atomic E-state index is 12.1. The first kappa shape index (κ1) is 18.0. The minimum absolute atomic E-state index is 0.0152. The number of ether oxygens (including phenoxy) is 3. The lowest BCUT2D eigenvalue weighted by molar-refractivity contribution is 0.0117. The van der Waals surface area contributed by atoms with Gasteiger partial charge in [0.15, 0.2) is 5.75 Å². The van der Waals surface area contributed by atoms with Gasteiger partial charge in [-0.3, -0.25) is 0 Å². The maximum atomic E-state index is 12.1. The van der Waals surface area contributed by atoms with Gasteiger partial charge < -0.3 is 14.2 Å². The van der Waals surface area contributed by atoms with Crippen molar-refractivity contribution in [3.05, 3.63) is 22.7 Å². The van der Waals surface area contributed by atoms with E-state index in [1.807, 2.05) is 0 Å². The summed E-state index contributed by atoms with van der Waals surface area (Å²) in [6.07, 6.45) is -0.526. The summed E-state index contributed by atoms with van der Waals surface area (Å²) in [5, 5.41) is 0.0152. The van der Waals surface area contributed by atoms with E-state index in [4.69, 9.17) is 36.5 Å². The van der Waals surface area contributed by atoms with Crippen LogP contribution in [0, 0.1) is 0 Å². The van der Waals surface area contributed by atoms with Crippen molar-refractivity contribution in [2.75, 3.05) is 20.8 Å². The lowest BCUT2D eigenvalue weighted by atomic mass is 10.2. The van der Waals surface area contributed by atoms with Crippen molar-refractivity contribution in [2.45, 2.75) is 17.9 Å². The predicted molar refractivity (Wildman–Crippen MR) is 77.8 cm³/mol. The number of esters is 1. The molecule has 1 aromatic rings. The van der Waals surface area contributed by atoms with Crippen LogP contribution in [0.2, 0.25) is 5.02 Å². The van der Waals surface area contributed by atoms with Crippen LogP contribution in [0.3, 0.4) is 0 Å². The molecule has 118 valence electrons. The van der Waals surface area contributed by atoms with Crippen molar-refractivity contribution >= 4 is 37.3 Å². The smallest absolute Gasteiger partial charge is 0.342 e. The minimum Gasteiger partial charge on any atom is -0.494 e. The number of halogens is 2. The summed E-state index contributed by atoms with van der Waals surface area (Å²) in [4.78, 5) is 11.7. The summed E-state index contributed by atoms with van der Waals surface area (Å²) in [6.45, 7) is 1.81. The van der Waals surface area contributed by atoms with E-state index >= 15 is 0 Å². The molecule has 1 unspecified atom stereocenters. The van der Waals surface area contributed by atoms with Gasteiger partial charge in [-0.1, -0.05) is 11.6 Å². The molecule has 21 heavy (non-hydrogen) atoms. The topological polar surface area (TPSA) is 78.9 Å². The van der Waals surface area contributed by atoms with Crippen molar-refractivity contribution < 1.29 is 27.4 Å². The molecule has 0 aliphatic heterocycles. The van der Waals surface area contributed by atoms with Gasteiger partial charge in [0.05, 0.1) is 13.7 Å². The lowest BCUT2D eigenvalue weighted by Crippen LogP contribution is -2.20. The predicted octanol–water partition coefficient (Wildman–Crippen LogP) is 2.47. The average Bonchev–Trinajstić information content (AvgIpc) is 2.36. The molecule has 0 bridgehead atoms. The Kier molecular flexibility index (Phi) is 6.27. The van der Waals surface area contributed by atoms with Crippen LogP contribution in [0.15, 0.2) is 17.0 Å². The number of hydrogen-bond donors (Lipinski definition) is 0. The van der Waals surface area contributed by atoms with E-state index in [1.54, 1.807) is 6.92 Å². The third kappa shape index (κ3) is 4.74. The molecule has 0 spiro atoms. The molecule has 0 saturated heterocycles. The molecular formula is C12H14Cl2O6S. The highest BCUT2D eigenvalue weighted by atomic mass is 35.7. The van der Waals surface area contributed by atoms with Crippen molar-refractivity contribution in [3.8, 4) is 5.75 Å². The SMILES string of the molecule is COCC(C)OC(=O)c1cc(Cl)cc(S(=O)(=O)Cl)c1OC. The molecule has 0 radical (unpaired) electrons. The molecule has 1 rings (SSSR count). The fraction of sp³-hybridized carbons (Fsp3) is 0.417. The molecule has 1 atom stereocenters. The molecule has 0 amide bonds.